The minimum absolute atomic E-state index is 0.164. The van der Waals surface area contributed by atoms with Crippen LogP contribution in [0.3, 0.4) is 0 Å². The van der Waals surface area contributed by atoms with Crippen molar-refractivity contribution in [1.29, 1.82) is 0 Å². The highest BCUT2D eigenvalue weighted by Crippen LogP contribution is 2.21. The summed E-state index contributed by atoms with van der Waals surface area (Å²) in [7, 11) is 0. The van der Waals surface area contributed by atoms with E-state index in [0.717, 1.165) is 6.07 Å². The highest BCUT2D eigenvalue weighted by atomic mass is 32.1. The Kier molecular flexibility index (Phi) is 3.01. The van der Waals surface area contributed by atoms with Crippen molar-refractivity contribution in [3.8, 4) is 0 Å². The highest BCUT2D eigenvalue weighted by Gasteiger charge is 2.13. The van der Waals surface area contributed by atoms with Gasteiger partial charge in [-0.05, 0) is 6.07 Å². The molecule has 0 aliphatic carbocycles. The zero-order valence-electron chi connectivity index (χ0n) is 8.41. The van der Waals surface area contributed by atoms with Crippen LogP contribution in [0.25, 0.3) is 0 Å². The standard InChI is InChI=1S/C10H7F2N3OS/c11-5-1-6(12)8(2-7(5)13)15-10(16)9-3-17-4-14-9/h1-4H,13H2,(H,15,16). The Labute approximate surface area is 99.1 Å². The number of nitrogens with zero attached hydrogens (tertiary/aromatic N) is 1. The number of rotatable bonds is 2. The minimum atomic E-state index is -0.889. The van der Waals surface area contributed by atoms with Crippen LogP contribution < -0.4 is 11.1 Å². The van der Waals surface area contributed by atoms with E-state index in [-0.39, 0.29) is 17.1 Å². The fourth-order valence-corrected chi connectivity index (χ4v) is 1.70. The molecule has 0 atom stereocenters. The lowest BCUT2D eigenvalue weighted by Gasteiger charge is -2.06. The summed E-state index contributed by atoms with van der Waals surface area (Å²) >= 11 is 1.24. The first-order chi connectivity index (χ1) is 8.08. The zero-order valence-corrected chi connectivity index (χ0v) is 9.22. The van der Waals surface area contributed by atoms with Gasteiger partial charge in [-0.15, -0.1) is 11.3 Å². The van der Waals surface area contributed by atoms with Crippen LogP contribution in [0, 0.1) is 11.6 Å². The van der Waals surface area contributed by atoms with Crippen molar-refractivity contribution in [3.63, 3.8) is 0 Å². The lowest BCUT2D eigenvalue weighted by atomic mass is 10.2. The molecule has 0 unspecified atom stereocenters. The molecule has 0 aliphatic rings. The molecule has 0 saturated carbocycles. The number of halogens is 2. The van der Waals surface area contributed by atoms with Gasteiger partial charge in [-0.25, -0.2) is 13.8 Å². The maximum atomic E-state index is 13.3. The maximum Gasteiger partial charge on any atom is 0.275 e. The van der Waals surface area contributed by atoms with Crippen LogP contribution in [0.1, 0.15) is 10.5 Å². The number of hydrogen-bond acceptors (Lipinski definition) is 4. The number of carbonyl (C=O) groups excluding carboxylic acids is 1. The molecule has 17 heavy (non-hydrogen) atoms. The third-order valence-electron chi connectivity index (χ3n) is 2.00. The molecule has 2 aromatic rings. The Morgan fingerprint density at radius 1 is 1.35 bits per heavy atom. The van der Waals surface area contributed by atoms with Gasteiger partial charge in [-0.2, -0.15) is 0 Å². The average Bonchev–Trinajstić information content (AvgIpc) is 2.79. The predicted octanol–water partition coefficient (Wildman–Crippen LogP) is 2.26. The summed E-state index contributed by atoms with van der Waals surface area (Å²) in [6.45, 7) is 0. The van der Waals surface area contributed by atoms with Crippen molar-refractivity contribution in [1.82, 2.24) is 4.98 Å². The Bertz CT molecular complexity index is 557. The summed E-state index contributed by atoms with van der Waals surface area (Å²) in [6, 6.07) is 1.64. The quantitative estimate of drug-likeness (QED) is 0.809. The summed E-state index contributed by atoms with van der Waals surface area (Å²) < 4.78 is 26.2. The summed E-state index contributed by atoms with van der Waals surface area (Å²) in [6.07, 6.45) is 0. The van der Waals surface area contributed by atoms with Crippen LogP contribution in [-0.2, 0) is 0 Å². The van der Waals surface area contributed by atoms with Gasteiger partial charge in [0.15, 0.2) is 0 Å². The van der Waals surface area contributed by atoms with Gasteiger partial charge in [0.25, 0.3) is 5.91 Å². The van der Waals surface area contributed by atoms with Crippen LogP contribution in [0.5, 0.6) is 0 Å². The summed E-state index contributed by atoms with van der Waals surface area (Å²) in [5, 5.41) is 3.78. The van der Waals surface area contributed by atoms with E-state index in [4.69, 9.17) is 5.73 Å². The Balaban J connectivity index is 2.25. The van der Waals surface area contributed by atoms with E-state index in [1.165, 1.54) is 22.2 Å². The number of nitrogen functional groups attached to an aromatic ring is 1. The van der Waals surface area contributed by atoms with E-state index in [0.29, 0.717) is 6.07 Å². The second kappa shape index (κ2) is 4.46. The van der Waals surface area contributed by atoms with Crippen molar-refractivity contribution >= 4 is 28.6 Å². The summed E-state index contributed by atoms with van der Waals surface area (Å²) in [4.78, 5) is 15.3. The lowest BCUT2D eigenvalue weighted by molar-refractivity contribution is 0.102. The molecule has 0 aliphatic heterocycles. The van der Waals surface area contributed by atoms with Gasteiger partial charge in [0.05, 0.1) is 16.9 Å². The number of benzene rings is 1. The normalized spacial score (nSPS) is 10.2. The van der Waals surface area contributed by atoms with E-state index >= 15 is 0 Å². The molecule has 0 fully saturated rings. The van der Waals surface area contributed by atoms with Crippen LogP contribution in [-0.4, -0.2) is 10.9 Å². The van der Waals surface area contributed by atoms with Gasteiger partial charge >= 0.3 is 0 Å². The van der Waals surface area contributed by atoms with Crippen LogP contribution in [0.15, 0.2) is 23.0 Å². The largest absolute Gasteiger partial charge is 0.396 e. The van der Waals surface area contributed by atoms with E-state index in [1.807, 2.05) is 0 Å². The monoisotopic (exact) mass is 255 g/mol. The lowest BCUT2D eigenvalue weighted by Crippen LogP contribution is -2.13. The SMILES string of the molecule is Nc1cc(NC(=O)c2cscn2)c(F)cc1F. The van der Waals surface area contributed by atoms with E-state index in [2.05, 4.69) is 10.3 Å². The number of hydrogen-bond donors (Lipinski definition) is 2. The summed E-state index contributed by atoms with van der Waals surface area (Å²) in [5.41, 5.74) is 6.50. The number of aromatic nitrogens is 1. The third kappa shape index (κ3) is 2.39. The third-order valence-corrected chi connectivity index (χ3v) is 2.59. The fourth-order valence-electron chi connectivity index (χ4n) is 1.17. The Hall–Kier alpha value is -2.02. The van der Waals surface area contributed by atoms with E-state index in [9.17, 15) is 13.6 Å². The van der Waals surface area contributed by atoms with Crippen LogP contribution >= 0.6 is 11.3 Å². The molecule has 0 saturated heterocycles. The van der Waals surface area contributed by atoms with Crippen molar-refractivity contribution in [2.75, 3.05) is 11.1 Å². The van der Waals surface area contributed by atoms with Gasteiger partial charge in [-0.3, -0.25) is 4.79 Å². The van der Waals surface area contributed by atoms with Crippen LogP contribution in [0.4, 0.5) is 20.2 Å². The smallest absolute Gasteiger partial charge is 0.275 e. The molecule has 0 bridgehead atoms. The van der Waals surface area contributed by atoms with E-state index < -0.39 is 17.5 Å². The van der Waals surface area contributed by atoms with Crippen molar-refractivity contribution < 1.29 is 13.6 Å². The molecule has 1 aromatic carbocycles. The topological polar surface area (TPSA) is 68.0 Å². The highest BCUT2D eigenvalue weighted by molar-refractivity contribution is 7.07. The predicted molar refractivity (Wildman–Crippen MR) is 60.8 cm³/mol. The number of amides is 1. The molecule has 2 rings (SSSR count). The first kappa shape index (κ1) is 11.5. The zero-order chi connectivity index (χ0) is 12.4. The molecule has 88 valence electrons. The summed E-state index contributed by atoms with van der Waals surface area (Å²) in [5.74, 6) is -2.33. The number of nitrogens with two attached hydrogens (primary N) is 1. The molecular formula is C10H7F2N3OS. The second-order valence-corrected chi connectivity index (χ2v) is 3.90. The number of thiazole rings is 1. The molecule has 1 amide bonds. The van der Waals surface area contributed by atoms with E-state index in [1.54, 1.807) is 0 Å². The average molecular weight is 255 g/mol. The Morgan fingerprint density at radius 2 is 2.12 bits per heavy atom. The fraction of sp³-hybridized carbons (Fsp3) is 0. The molecule has 1 heterocycles. The molecular weight excluding hydrogens is 248 g/mol. The molecule has 7 heteroatoms. The van der Waals surface area contributed by atoms with Gasteiger partial charge in [0.2, 0.25) is 0 Å². The van der Waals surface area contributed by atoms with Crippen molar-refractivity contribution in [2.24, 2.45) is 0 Å². The number of nitrogens with one attached hydrogen (secondary N) is 1. The molecule has 4 nitrogen and oxygen atoms in total. The van der Waals surface area contributed by atoms with Crippen LogP contribution in [0.2, 0.25) is 0 Å². The molecule has 0 radical (unpaired) electrons. The minimum Gasteiger partial charge on any atom is -0.396 e. The van der Waals surface area contributed by atoms with Gasteiger partial charge in [-0.1, -0.05) is 0 Å². The molecule has 3 N–H and O–H groups in total. The first-order valence-electron chi connectivity index (χ1n) is 4.52. The Morgan fingerprint density at radius 3 is 2.76 bits per heavy atom. The van der Waals surface area contributed by atoms with Crippen molar-refractivity contribution in [2.45, 2.75) is 0 Å². The molecule has 1 aromatic heterocycles. The first-order valence-corrected chi connectivity index (χ1v) is 5.46. The number of anilines is 2. The van der Waals surface area contributed by atoms with Gasteiger partial charge in [0.1, 0.15) is 17.3 Å². The number of carbonyl (C=O) groups is 1. The maximum absolute atomic E-state index is 13.3. The van der Waals surface area contributed by atoms with Crippen molar-refractivity contribution in [3.05, 3.63) is 40.4 Å². The molecule has 0 spiro atoms. The van der Waals surface area contributed by atoms with Gasteiger partial charge in [0, 0.05) is 11.4 Å². The second-order valence-electron chi connectivity index (χ2n) is 3.18. The van der Waals surface area contributed by atoms with Gasteiger partial charge < -0.3 is 11.1 Å².